The minimum absolute atomic E-state index is 0.0207. The number of likely N-dealkylation sites (N-methyl/N-ethyl adjacent to an activating group) is 1. The molecule has 1 unspecified atom stereocenters. The lowest BCUT2D eigenvalue weighted by molar-refractivity contribution is -0.126. The van der Waals surface area contributed by atoms with E-state index in [1.54, 1.807) is 19.1 Å². The highest BCUT2D eigenvalue weighted by Gasteiger charge is 2.43. The number of hydrogen-bond acceptors (Lipinski definition) is 6. The van der Waals surface area contributed by atoms with Gasteiger partial charge in [0.1, 0.15) is 0 Å². The van der Waals surface area contributed by atoms with E-state index in [0.29, 0.717) is 36.2 Å². The third-order valence-electron chi connectivity index (χ3n) is 5.95. The predicted octanol–water partition coefficient (Wildman–Crippen LogP) is 2.89. The van der Waals surface area contributed by atoms with E-state index >= 15 is 0 Å². The van der Waals surface area contributed by atoms with E-state index < -0.39 is 0 Å². The molecule has 4 rings (SSSR count). The smallest absolute Gasteiger partial charge is 0.232 e. The number of likely N-dealkylation sites (tertiary alicyclic amines) is 1. The third-order valence-corrected chi connectivity index (χ3v) is 5.95. The molecule has 1 aliphatic carbocycles. The van der Waals surface area contributed by atoms with Crippen molar-refractivity contribution in [1.82, 2.24) is 15.0 Å². The maximum absolute atomic E-state index is 11.8. The van der Waals surface area contributed by atoms with Gasteiger partial charge in [0.05, 0.1) is 25.6 Å². The number of nitrogens with zero attached hydrogens (tertiary/aromatic N) is 3. The summed E-state index contributed by atoms with van der Waals surface area (Å²) in [4.78, 5) is 18.3. The average molecular weight is 371 g/mol. The Kier molecular flexibility index (Phi) is 4.53. The molecule has 0 spiro atoms. The summed E-state index contributed by atoms with van der Waals surface area (Å²) in [6.07, 6.45) is 4.59. The number of hydrogen-bond donors (Lipinski definition) is 0. The Hall–Kier alpha value is -2.57. The van der Waals surface area contributed by atoms with Crippen molar-refractivity contribution >= 4 is 5.91 Å². The van der Waals surface area contributed by atoms with Crippen LogP contribution in [0.4, 0.5) is 0 Å². The number of benzene rings is 1. The van der Waals surface area contributed by atoms with E-state index in [1.807, 2.05) is 19.2 Å². The van der Waals surface area contributed by atoms with E-state index in [0.717, 1.165) is 31.2 Å². The van der Waals surface area contributed by atoms with Crippen LogP contribution in [0.5, 0.6) is 11.5 Å². The Morgan fingerprint density at radius 3 is 2.56 bits per heavy atom. The first-order valence-corrected chi connectivity index (χ1v) is 9.38. The predicted molar refractivity (Wildman–Crippen MR) is 98.1 cm³/mol. The lowest BCUT2D eigenvalue weighted by Gasteiger charge is -2.26. The second-order valence-corrected chi connectivity index (χ2v) is 7.49. The summed E-state index contributed by atoms with van der Waals surface area (Å²) in [6, 6.07) is 6.02. The molecule has 7 heteroatoms. The Bertz CT molecular complexity index is 842. The first kappa shape index (κ1) is 17.8. The molecule has 2 heterocycles. The molecule has 1 atom stereocenters. The fraction of sp³-hybridized carbons (Fsp3) is 0.550. The van der Waals surface area contributed by atoms with Gasteiger partial charge in [-0.25, -0.2) is 0 Å². The normalized spacial score (nSPS) is 21.7. The topological polar surface area (TPSA) is 77.7 Å². The molecule has 2 aromatic rings. The van der Waals surface area contributed by atoms with Gasteiger partial charge in [-0.2, -0.15) is 4.98 Å². The lowest BCUT2D eigenvalue weighted by atomic mass is 9.78. The van der Waals surface area contributed by atoms with Crippen molar-refractivity contribution in [3.8, 4) is 11.5 Å². The zero-order valence-electron chi connectivity index (χ0n) is 16.0. The quantitative estimate of drug-likeness (QED) is 0.804. The molecule has 0 bridgehead atoms. The molecular weight excluding hydrogens is 346 g/mol. The monoisotopic (exact) mass is 371 g/mol. The zero-order valence-corrected chi connectivity index (χ0v) is 16.0. The molecule has 2 aliphatic rings. The Morgan fingerprint density at radius 1 is 1.19 bits per heavy atom. The molecule has 1 amide bonds. The minimum atomic E-state index is -0.282. The maximum Gasteiger partial charge on any atom is 0.232 e. The standard InChI is InChI=1S/C20H25N3O4/c1-23-12-13(10-17(23)24)18-21-19(22-27-18)20(8-4-5-9-20)14-6-7-15(25-2)16(11-14)26-3/h6-7,11,13H,4-5,8-10,12H2,1-3H3. The van der Waals surface area contributed by atoms with Crippen LogP contribution in [0.15, 0.2) is 22.7 Å². The number of rotatable bonds is 5. The molecule has 1 aliphatic heterocycles. The first-order valence-electron chi connectivity index (χ1n) is 9.38. The van der Waals surface area contributed by atoms with E-state index in [9.17, 15) is 4.79 Å². The molecule has 2 fully saturated rings. The summed E-state index contributed by atoms with van der Waals surface area (Å²) in [5.74, 6) is 2.78. The number of methoxy groups -OCH3 is 2. The first-order chi connectivity index (χ1) is 13.1. The molecule has 1 saturated heterocycles. The zero-order chi connectivity index (χ0) is 19.0. The van der Waals surface area contributed by atoms with Crippen LogP contribution in [-0.2, 0) is 10.2 Å². The fourth-order valence-corrected chi connectivity index (χ4v) is 4.38. The molecule has 0 radical (unpaired) electrons. The number of carbonyl (C=O) groups excluding carboxylic acids is 1. The van der Waals surface area contributed by atoms with Crippen LogP contribution in [0, 0.1) is 0 Å². The summed E-state index contributed by atoms with van der Waals surface area (Å²) >= 11 is 0. The van der Waals surface area contributed by atoms with Crippen molar-refractivity contribution in [2.45, 2.75) is 43.4 Å². The molecule has 27 heavy (non-hydrogen) atoms. The number of carbonyl (C=O) groups is 1. The van der Waals surface area contributed by atoms with Gasteiger partial charge in [0.25, 0.3) is 0 Å². The van der Waals surface area contributed by atoms with Gasteiger partial charge in [-0.3, -0.25) is 4.79 Å². The molecule has 7 nitrogen and oxygen atoms in total. The van der Waals surface area contributed by atoms with E-state index in [2.05, 4.69) is 11.2 Å². The molecule has 144 valence electrons. The van der Waals surface area contributed by atoms with E-state index in [-0.39, 0.29) is 17.2 Å². The number of ether oxygens (including phenoxy) is 2. The lowest BCUT2D eigenvalue weighted by Crippen LogP contribution is -2.25. The van der Waals surface area contributed by atoms with Crippen molar-refractivity contribution in [3.05, 3.63) is 35.5 Å². The second kappa shape index (κ2) is 6.87. The Morgan fingerprint density at radius 2 is 1.93 bits per heavy atom. The van der Waals surface area contributed by atoms with Crippen LogP contribution in [0.2, 0.25) is 0 Å². The van der Waals surface area contributed by atoms with Crippen LogP contribution in [0.1, 0.15) is 55.3 Å². The summed E-state index contributed by atoms with van der Waals surface area (Å²) in [6.45, 7) is 0.629. The van der Waals surface area contributed by atoms with Crippen LogP contribution < -0.4 is 9.47 Å². The SMILES string of the molecule is COc1ccc(C2(c3noc(C4CC(=O)N(C)C4)n3)CCCC2)cc1OC. The second-order valence-electron chi connectivity index (χ2n) is 7.49. The Labute approximate surface area is 158 Å². The van der Waals surface area contributed by atoms with Gasteiger partial charge >= 0.3 is 0 Å². The largest absolute Gasteiger partial charge is 0.493 e. The molecule has 1 aromatic carbocycles. The maximum atomic E-state index is 11.8. The fourth-order valence-electron chi connectivity index (χ4n) is 4.38. The van der Waals surface area contributed by atoms with Crippen LogP contribution >= 0.6 is 0 Å². The van der Waals surface area contributed by atoms with Gasteiger partial charge in [-0.1, -0.05) is 24.1 Å². The highest BCUT2D eigenvalue weighted by Crippen LogP contribution is 2.47. The van der Waals surface area contributed by atoms with Crippen molar-refractivity contribution < 1.29 is 18.8 Å². The van der Waals surface area contributed by atoms with Crippen molar-refractivity contribution in [2.75, 3.05) is 27.8 Å². The van der Waals surface area contributed by atoms with Gasteiger partial charge in [0, 0.05) is 20.0 Å². The van der Waals surface area contributed by atoms with Crippen LogP contribution in [-0.4, -0.2) is 48.8 Å². The van der Waals surface area contributed by atoms with Crippen molar-refractivity contribution in [2.24, 2.45) is 0 Å². The molecule has 0 N–H and O–H groups in total. The van der Waals surface area contributed by atoms with Gasteiger partial charge < -0.3 is 18.9 Å². The van der Waals surface area contributed by atoms with E-state index in [1.165, 1.54) is 0 Å². The van der Waals surface area contributed by atoms with Crippen molar-refractivity contribution in [1.29, 1.82) is 0 Å². The molecular formula is C20H25N3O4. The van der Waals surface area contributed by atoms with Crippen LogP contribution in [0.25, 0.3) is 0 Å². The summed E-state index contributed by atoms with van der Waals surface area (Å²) < 4.78 is 16.5. The van der Waals surface area contributed by atoms with Gasteiger partial charge in [0.15, 0.2) is 17.3 Å². The van der Waals surface area contributed by atoms with Gasteiger partial charge in [0.2, 0.25) is 11.8 Å². The average Bonchev–Trinajstić information content (AvgIpc) is 3.42. The van der Waals surface area contributed by atoms with Crippen LogP contribution in [0.3, 0.4) is 0 Å². The third kappa shape index (κ3) is 2.95. The number of aromatic nitrogens is 2. The van der Waals surface area contributed by atoms with Crippen molar-refractivity contribution in [3.63, 3.8) is 0 Å². The van der Waals surface area contributed by atoms with Gasteiger partial charge in [-0.15, -0.1) is 0 Å². The number of amides is 1. The summed E-state index contributed by atoms with van der Waals surface area (Å²) in [5.41, 5.74) is 0.833. The molecule has 1 aromatic heterocycles. The molecule has 1 saturated carbocycles. The highest BCUT2D eigenvalue weighted by molar-refractivity contribution is 5.79. The summed E-state index contributed by atoms with van der Waals surface area (Å²) in [7, 11) is 5.08. The van der Waals surface area contributed by atoms with Gasteiger partial charge in [-0.05, 0) is 30.5 Å². The Balaban J connectivity index is 1.70. The summed E-state index contributed by atoms with van der Waals surface area (Å²) in [5, 5.41) is 4.35. The van der Waals surface area contributed by atoms with E-state index in [4.69, 9.17) is 19.0 Å². The highest BCUT2D eigenvalue weighted by atomic mass is 16.5. The minimum Gasteiger partial charge on any atom is -0.493 e.